The lowest BCUT2D eigenvalue weighted by molar-refractivity contribution is 0.413. The van der Waals surface area contributed by atoms with Crippen LogP contribution in [0.4, 0.5) is 0 Å². The van der Waals surface area contributed by atoms with E-state index in [0.717, 1.165) is 48.6 Å². The predicted octanol–water partition coefficient (Wildman–Crippen LogP) is 2.50. The van der Waals surface area contributed by atoms with Crippen molar-refractivity contribution in [1.82, 2.24) is 20.9 Å². The number of allylic oxidation sites excluding steroid dienone is 1. The summed E-state index contributed by atoms with van der Waals surface area (Å²) >= 11 is 1.71. The molecule has 1 fully saturated rings. The molecule has 30 heavy (non-hydrogen) atoms. The number of ether oxygens (including phenoxy) is 1. The van der Waals surface area contributed by atoms with Crippen molar-refractivity contribution in [3.63, 3.8) is 0 Å². The first-order valence-electron chi connectivity index (χ1n) is 10.1. The van der Waals surface area contributed by atoms with Crippen molar-refractivity contribution in [1.29, 1.82) is 0 Å². The first kappa shape index (κ1) is 20.4. The van der Waals surface area contributed by atoms with Gasteiger partial charge in [-0.3, -0.25) is 0 Å². The number of thioether (sulfide) groups is 1. The quantitative estimate of drug-likeness (QED) is 0.500. The van der Waals surface area contributed by atoms with Gasteiger partial charge in [-0.15, -0.1) is 0 Å². The molecule has 7 nitrogen and oxygen atoms in total. The van der Waals surface area contributed by atoms with Crippen molar-refractivity contribution < 1.29 is 4.74 Å². The van der Waals surface area contributed by atoms with Crippen molar-refractivity contribution >= 4 is 23.7 Å². The fourth-order valence-corrected chi connectivity index (χ4v) is 4.60. The van der Waals surface area contributed by atoms with E-state index in [-0.39, 0.29) is 5.50 Å². The molecule has 3 aliphatic heterocycles. The van der Waals surface area contributed by atoms with Gasteiger partial charge >= 0.3 is 0 Å². The van der Waals surface area contributed by atoms with E-state index < -0.39 is 0 Å². The van der Waals surface area contributed by atoms with Gasteiger partial charge in [0.1, 0.15) is 11.6 Å². The normalized spacial score (nSPS) is 23.6. The average Bonchev–Trinajstić information content (AvgIpc) is 3.35. The zero-order valence-electron chi connectivity index (χ0n) is 17.1. The molecule has 0 spiro atoms. The lowest BCUT2D eigenvalue weighted by Crippen LogP contribution is -2.42. The Labute approximate surface area is 181 Å². The topological polar surface area (TPSA) is 86.9 Å². The molecule has 8 heteroatoms. The van der Waals surface area contributed by atoms with Crippen molar-refractivity contribution in [3.8, 4) is 5.75 Å². The lowest BCUT2D eigenvalue weighted by Gasteiger charge is -2.24. The van der Waals surface area contributed by atoms with Crippen LogP contribution in [-0.4, -0.2) is 42.9 Å². The van der Waals surface area contributed by atoms with Gasteiger partial charge in [0, 0.05) is 30.6 Å². The maximum atomic E-state index is 6.50. The molecule has 3 aliphatic rings. The summed E-state index contributed by atoms with van der Waals surface area (Å²) in [5.74, 6) is 1.45. The highest BCUT2D eigenvalue weighted by atomic mass is 32.2. The molecule has 0 bridgehead atoms. The molecule has 3 heterocycles. The number of aliphatic imine (C=N–C) groups is 1. The first-order valence-corrected chi connectivity index (χ1v) is 11.0. The van der Waals surface area contributed by atoms with Crippen LogP contribution < -0.4 is 26.4 Å². The fraction of sp³-hybridized carbons (Fsp3) is 0.318. The number of fused-ring (bicyclic) bond motifs is 1. The molecule has 0 aromatic heterocycles. The summed E-state index contributed by atoms with van der Waals surface area (Å²) in [6.07, 6.45) is 7.86. The van der Waals surface area contributed by atoms with Crippen LogP contribution in [0.25, 0.3) is 5.70 Å². The summed E-state index contributed by atoms with van der Waals surface area (Å²) in [5, 5.41) is 12.4. The van der Waals surface area contributed by atoms with Crippen LogP contribution in [0, 0.1) is 0 Å². The molecule has 1 aromatic carbocycles. The van der Waals surface area contributed by atoms with E-state index in [1.165, 1.54) is 0 Å². The van der Waals surface area contributed by atoms with E-state index in [0.29, 0.717) is 17.6 Å². The summed E-state index contributed by atoms with van der Waals surface area (Å²) in [6.45, 7) is 6.03. The Balaban J connectivity index is 1.53. The largest absolute Gasteiger partial charge is 0.497 e. The highest BCUT2D eigenvalue weighted by Crippen LogP contribution is 2.39. The molecule has 0 saturated carbocycles. The Hall–Kier alpha value is -2.84. The van der Waals surface area contributed by atoms with Crippen LogP contribution >= 0.6 is 11.8 Å². The number of nitrogens with zero attached hydrogens (tertiary/aromatic N) is 2. The van der Waals surface area contributed by atoms with E-state index >= 15 is 0 Å². The Morgan fingerprint density at radius 1 is 1.47 bits per heavy atom. The second kappa shape index (κ2) is 9.32. The third-order valence-electron chi connectivity index (χ3n) is 5.23. The van der Waals surface area contributed by atoms with Crippen molar-refractivity contribution in [3.05, 3.63) is 71.3 Å². The molecule has 158 valence electrons. The Bertz CT molecular complexity index is 916. The van der Waals surface area contributed by atoms with E-state index in [1.807, 2.05) is 36.5 Å². The molecule has 1 aromatic rings. The highest BCUT2D eigenvalue weighted by molar-refractivity contribution is 8.02. The Morgan fingerprint density at radius 2 is 2.37 bits per heavy atom. The minimum Gasteiger partial charge on any atom is -0.497 e. The van der Waals surface area contributed by atoms with Gasteiger partial charge in [0.05, 0.1) is 24.2 Å². The minimum absolute atomic E-state index is 0.0977. The van der Waals surface area contributed by atoms with Crippen LogP contribution in [0.1, 0.15) is 18.4 Å². The van der Waals surface area contributed by atoms with Crippen LogP contribution in [0.3, 0.4) is 0 Å². The second-order valence-corrected chi connectivity index (χ2v) is 8.31. The van der Waals surface area contributed by atoms with E-state index in [4.69, 9.17) is 10.5 Å². The van der Waals surface area contributed by atoms with Gasteiger partial charge < -0.3 is 31.3 Å². The van der Waals surface area contributed by atoms with Gasteiger partial charge in [-0.25, -0.2) is 4.99 Å². The zero-order valence-corrected chi connectivity index (χ0v) is 17.9. The minimum atomic E-state index is 0.0977. The maximum Gasteiger partial charge on any atom is 0.156 e. The molecule has 0 amide bonds. The molecule has 0 aliphatic carbocycles. The third-order valence-corrected chi connectivity index (χ3v) is 6.11. The summed E-state index contributed by atoms with van der Waals surface area (Å²) < 4.78 is 5.39. The SMILES string of the molecule is C=C(/N=C\C=C(/N)C1=C(c2cccc(OC)c2)NC2SC=CN12)N[C@H]1CCCNC1. The second-order valence-electron chi connectivity index (χ2n) is 7.32. The summed E-state index contributed by atoms with van der Waals surface area (Å²) in [4.78, 5) is 6.56. The third kappa shape index (κ3) is 4.49. The first-order chi connectivity index (χ1) is 14.7. The van der Waals surface area contributed by atoms with E-state index in [9.17, 15) is 0 Å². The van der Waals surface area contributed by atoms with Crippen molar-refractivity contribution in [2.75, 3.05) is 20.2 Å². The smallest absolute Gasteiger partial charge is 0.156 e. The standard InChI is InChI=1S/C22H28N6OS/c1-15(26-17-6-4-9-24-14-17)25-10-8-19(23)21-20(27-22-28(21)11-12-30-22)16-5-3-7-18(13-16)29-2/h3,5,7-8,10-13,17,22,24,26-27H,1,4,6,9,14,23H2,2H3/b19-8-,25-10-/t17-,22?/m0/s1. The number of benzene rings is 1. The van der Waals surface area contributed by atoms with Gasteiger partial charge in [0.25, 0.3) is 0 Å². The van der Waals surface area contributed by atoms with Gasteiger partial charge in [-0.05, 0) is 43.0 Å². The number of piperidine rings is 1. The average molecular weight is 425 g/mol. The van der Waals surface area contributed by atoms with E-state index in [2.05, 4.69) is 37.8 Å². The molecule has 5 N–H and O–H groups in total. The van der Waals surface area contributed by atoms with Crippen LogP contribution in [0.5, 0.6) is 5.75 Å². The van der Waals surface area contributed by atoms with Crippen LogP contribution in [-0.2, 0) is 0 Å². The predicted molar refractivity (Wildman–Crippen MR) is 124 cm³/mol. The summed E-state index contributed by atoms with van der Waals surface area (Å²) in [7, 11) is 1.67. The highest BCUT2D eigenvalue weighted by Gasteiger charge is 2.34. The lowest BCUT2D eigenvalue weighted by atomic mass is 10.1. The molecular weight excluding hydrogens is 396 g/mol. The monoisotopic (exact) mass is 424 g/mol. The Morgan fingerprint density at radius 3 is 3.17 bits per heavy atom. The Kier molecular flexibility index (Phi) is 6.35. The van der Waals surface area contributed by atoms with Gasteiger partial charge in [-0.2, -0.15) is 0 Å². The van der Waals surface area contributed by atoms with Gasteiger partial charge in [-0.1, -0.05) is 30.5 Å². The van der Waals surface area contributed by atoms with E-state index in [1.54, 1.807) is 25.1 Å². The van der Waals surface area contributed by atoms with Gasteiger partial charge in [0.2, 0.25) is 0 Å². The number of nitrogens with one attached hydrogen (secondary N) is 3. The molecule has 4 rings (SSSR count). The molecular formula is C22H28N6OS. The number of hydrogen-bond donors (Lipinski definition) is 4. The van der Waals surface area contributed by atoms with Crippen molar-refractivity contribution in [2.24, 2.45) is 10.7 Å². The van der Waals surface area contributed by atoms with Gasteiger partial charge in [0.15, 0.2) is 5.50 Å². The molecule has 1 saturated heterocycles. The summed E-state index contributed by atoms with van der Waals surface area (Å²) in [6, 6.07) is 8.33. The fourth-order valence-electron chi connectivity index (χ4n) is 3.76. The van der Waals surface area contributed by atoms with Crippen LogP contribution in [0.15, 0.2) is 70.7 Å². The number of nitrogens with two attached hydrogens (primary N) is 1. The molecule has 0 radical (unpaired) electrons. The number of rotatable bonds is 7. The number of hydrogen-bond acceptors (Lipinski definition) is 8. The summed E-state index contributed by atoms with van der Waals surface area (Å²) in [5.41, 5.74) is 10.2. The maximum absolute atomic E-state index is 6.50. The molecule has 1 unspecified atom stereocenters. The van der Waals surface area contributed by atoms with Crippen molar-refractivity contribution in [2.45, 2.75) is 24.4 Å². The molecule has 2 atom stereocenters. The number of methoxy groups -OCH3 is 1. The van der Waals surface area contributed by atoms with Crippen LogP contribution in [0.2, 0.25) is 0 Å². The zero-order chi connectivity index (χ0) is 20.9.